The van der Waals surface area contributed by atoms with E-state index in [9.17, 15) is 9.59 Å². The van der Waals surface area contributed by atoms with E-state index in [4.69, 9.17) is 5.11 Å². The number of hydrogen-bond acceptors (Lipinski definition) is 2. The van der Waals surface area contributed by atoms with Gasteiger partial charge in [-0.25, -0.2) is 0 Å². The fraction of sp³-hybridized carbons (Fsp3) is 0.467. The van der Waals surface area contributed by atoms with Gasteiger partial charge in [-0.05, 0) is 36.5 Å². The number of nitrogens with one attached hydrogen (secondary N) is 1. The molecular weight excluding hydrogens is 242 g/mol. The second-order valence-corrected chi connectivity index (χ2v) is 5.27. The van der Waals surface area contributed by atoms with Gasteiger partial charge in [-0.3, -0.25) is 9.59 Å². The maximum atomic E-state index is 12.1. The van der Waals surface area contributed by atoms with E-state index in [1.165, 1.54) is 0 Å². The summed E-state index contributed by atoms with van der Waals surface area (Å²) in [5.41, 5.74) is 1.47. The predicted octanol–water partition coefficient (Wildman–Crippen LogP) is 2.69. The van der Waals surface area contributed by atoms with Gasteiger partial charge in [0.15, 0.2) is 0 Å². The Morgan fingerprint density at radius 3 is 2.47 bits per heavy atom. The van der Waals surface area contributed by atoms with Crippen LogP contribution in [0.4, 0.5) is 5.69 Å². The number of aliphatic carboxylic acids is 1. The van der Waals surface area contributed by atoms with Crippen LogP contribution in [0.3, 0.4) is 0 Å². The van der Waals surface area contributed by atoms with Crippen LogP contribution < -0.4 is 5.32 Å². The van der Waals surface area contributed by atoms with Crippen molar-refractivity contribution in [2.24, 2.45) is 11.8 Å². The molecule has 4 heteroatoms. The minimum atomic E-state index is -0.850. The average Bonchev–Trinajstić information content (AvgIpc) is 2.77. The first-order chi connectivity index (χ1) is 9.06. The molecule has 2 atom stereocenters. The minimum absolute atomic E-state index is 0.00782. The lowest BCUT2D eigenvalue weighted by Gasteiger charge is -2.15. The molecule has 0 saturated heterocycles. The normalized spacial score (nSPS) is 22.2. The molecule has 19 heavy (non-hydrogen) atoms. The number of benzene rings is 1. The Kier molecular flexibility index (Phi) is 4.20. The van der Waals surface area contributed by atoms with Crippen molar-refractivity contribution in [3.05, 3.63) is 29.8 Å². The molecular formula is C15H19NO3. The van der Waals surface area contributed by atoms with Gasteiger partial charge in [0.1, 0.15) is 0 Å². The van der Waals surface area contributed by atoms with E-state index in [0.29, 0.717) is 5.92 Å². The van der Waals surface area contributed by atoms with Crippen LogP contribution in [0.25, 0.3) is 0 Å². The molecule has 0 spiro atoms. The van der Waals surface area contributed by atoms with Gasteiger partial charge in [-0.15, -0.1) is 0 Å². The molecule has 1 saturated carbocycles. The third-order valence-corrected chi connectivity index (χ3v) is 3.78. The quantitative estimate of drug-likeness (QED) is 0.875. The first kappa shape index (κ1) is 13.6. The molecule has 1 aromatic rings. The molecule has 1 aliphatic carbocycles. The van der Waals surface area contributed by atoms with Gasteiger partial charge < -0.3 is 10.4 Å². The summed E-state index contributed by atoms with van der Waals surface area (Å²) in [6, 6.07) is 7.00. The van der Waals surface area contributed by atoms with E-state index in [1.54, 1.807) is 24.3 Å². The van der Waals surface area contributed by atoms with Crippen molar-refractivity contribution in [2.45, 2.75) is 32.6 Å². The van der Waals surface area contributed by atoms with E-state index in [0.717, 1.165) is 30.5 Å². The van der Waals surface area contributed by atoms with Gasteiger partial charge in [-0.2, -0.15) is 0 Å². The largest absolute Gasteiger partial charge is 0.481 e. The second kappa shape index (κ2) is 5.87. The Balaban J connectivity index is 1.95. The summed E-state index contributed by atoms with van der Waals surface area (Å²) in [5, 5.41) is 11.6. The third kappa shape index (κ3) is 3.56. The molecule has 1 aliphatic rings. The Bertz CT molecular complexity index is 467. The number of hydrogen-bond donors (Lipinski definition) is 2. The van der Waals surface area contributed by atoms with Crippen LogP contribution in [0.2, 0.25) is 0 Å². The number of carboxylic acids is 1. The van der Waals surface area contributed by atoms with E-state index >= 15 is 0 Å². The Morgan fingerprint density at radius 2 is 1.95 bits per heavy atom. The van der Waals surface area contributed by atoms with Crippen molar-refractivity contribution < 1.29 is 14.7 Å². The number of anilines is 1. The molecule has 1 aromatic carbocycles. The maximum Gasteiger partial charge on any atom is 0.307 e. The Hall–Kier alpha value is -1.84. The van der Waals surface area contributed by atoms with Crippen molar-refractivity contribution in [1.29, 1.82) is 0 Å². The average molecular weight is 261 g/mol. The molecule has 0 bridgehead atoms. The van der Waals surface area contributed by atoms with Crippen molar-refractivity contribution in [1.82, 2.24) is 0 Å². The molecule has 102 valence electrons. The van der Waals surface area contributed by atoms with Gasteiger partial charge >= 0.3 is 5.97 Å². The summed E-state index contributed by atoms with van der Waals surface area (Å²) in [7, 11) is 0. The van der Waals surface area contributed by atoms with Crippen LogP contribution in [0, 0.1) is 11.8 Å². The topological polar surface area (TPSA) is 66.4 Å². The van der Waals surface area contributed by atoms with Crippen LogP contribution in [-0.2, 0) is 16.0 Å². The van der Waals surface area contributed by atoms with Crippen molar-refractivity contribution >= 4 is 17.6 Å². The molecule has 2 rings (SSSR count). The zero-order chi connectivity index (χ0) is 13.8. The number of carboxylic acid groups (broad SMARTS) is 1. The monoisotopic (exact) mass is 261 g/mol. The highest BCUT2D eigenvalue weighted by Gasteiger charge is 2.29. The van der Waals surface area contributed by atoms with E-state index in [2.05, 4.69) is 12.2 Å². The lowest BCUT2D eigenvalue weighted by Crippen LogP contribution is -2.24. The molecule has 2 N–H and O–H groups in total. The number of carbonyl (C=O) groups excluding carboxylic acids is 1. The summed E-state index contributed by atoms with van der Waals surface area (Å²) in [4.78, 5) is 22.7. The summed E-state index contributed by atoms with van der Waals surface area (Å²) in [6.45, 7) is 2.12. The predicted molar refractivity (Wildman–Crippen MR) is 72.9 cm³/mol. The lowest BCUT2D eigenvalue weighted by molar-refractivity contribution is -0.136. The summed E-state index contributed by atoms with van der Waals surface area (Å²) in [6.07, 6.45) is 3.21. The highest BCUT2D eigenvalue weighted by Crippen LogP contribution is 2.32. The Morgan fingerprint density at radius 1 is 1.26 bits per heavy atom. The molecule has 0 radical (unpaired) electrons. The lowest BCUT2D eigenvalue weighted by atomic mass is 9.97. The van der Waals surface area contributed by atoms with E-state index in [-0.39, 0.29) is 18.2 Å². The van der Waals surface area contributed by atoms with Crippen LogP contribution in [-0.4, -0.2) is 17.0 Å². The van der Waals surface area contributed by atoms with Gasteiger partial charge in [0.05, 0.1) is 6.42 Å². The van der Waals surface area contributed by atoms with Gasteiger partial charge in [0, 0.05) is 11.6 Å². The second-order valence-electron chi connectivity index (χ2n) is 5.27. The highest BCUT2D eigenvalue weighted by molar-refractivity contribution is 5.92. The van der Waals surface area contributed by atoms with Crippen molar-refractivity contribution in [2.75, 3.05) is 5.32 Å². The molecule has 0 heterocycles. The van der Waals surface area contributed by atoms with E-state index in [1.807, 2.05) is 0 Å². The zero-order valence-electron chi connectivity index (χ0n) is 11.1. The van der Waals surface area contributed by atoms with Crippen LogP contribution in [0.15, 0.2) is 24.3 Å². The standard InChI is InChI=1S/C15H19NO3/c1-10-3-2-4-13(10)15(19)16-12-7-5-11(6-8-12)9-14(17)18/h5-8,10,13H,2-4,9H2,1H3,(H,16,19)(H,17,18). The van der Waals surface area contributed by atoms with Crippen LogP contribution in [0.1, 0.15) is 31.7 Å². The molecule has 4 nitrogen and oxygen atoms in total. The zero-order valence-corrected chi connectivity index (χ0v) is 11.1. The maximum absolute atomic E-state index is 12.1. The number of rotatable bonds is 4. The fourth-order valence-corrected chi connectivity index (χ4v) is 2.65. The number of carbonyl (C=O) groups is 2. The molecule has 2 unspecified atom stereocenters. The molecule has 0 aliphatic heterocycles. The van der Waals surface area contributed by atoms with Crippen molar-refractivity contribution in [3.8, 4) is 0 Å². The van der Waals surface area contributed by atoms with E-state index < -0.39 is 5.97 Å². The SMILES string of the molecule is CC1CCCC1C(=O)Nc1ccc(CC(=O)O)cc1. The van der Waals surface area contributed by atoms with Gasteiger partial charge in [0.2, 0.25) is 5.91 Å². The fourth-order valence-electron chi connectivity index (χ4n) is 2.65. The minimum Gasteiger partial charge on any atom is -0.481 e. The number of amides is 1. The van der Waals surface area contributed by atoms with Gasteiger partial charge in [-0.1, -0.05) is 25.5 Å². The third-order valence-electron chi connectivity index (χ3n) is 3.78. The first-order valence-corrected chi connectivity index (χ1v) is 6.68. The first-order valence-electron chi connectivity index (χ1n) is 6.68. The van der Waals surface area contributed by atoms with Gasteiger partial charge in [0.25, 0.3) is 0 Å². The smallest absolute Gasteiger partial charge is 0.307 e. The molecule has 0 aromatic heterocycles. The molecule has 1 fully saturated rings. The summed E-state index contributed by atoms with van der Waals surface area (Å²) >= 11 is 0. The summed E-state index contributed by atoms with van der Waals surface area (Å²) < 4.78 is 0. The van der Waals surface area contributed by atoms with Crippen molar-refractivity contribution in [3.63, 3.8) is 0 Å². The summed E-state index contributed by atoms with van der Waals surface area (Å²) in [5.74, 6) is -0.211. The van der Waals surface area contributed by atoms with Crippen LogP contribution in [0.5, 0.6) is 0 Å². The molecule has 1 amide bonds. The highest BCUT2D eigenvalue weighted by atomic mass is 16.4. The Labute approximate surface area is 112 Å². The van der Waals surface area contributed by atoms with Crippen LogP contribution >= 0.6 is 0 Å².